The highest BCUT2D eigenvalue weighted by Crippen LogP contribution is 2.11. The van der Waals surface area contributed by atoms with Gasteiger partial charge in [-0.05, 0) is 6.42 Å². The third kappa shape index (κ3) is 1.81. The van der Waals surface area contributed by atoms with Crippen LogP contribution < -0.4 is 5.90 Å². The summed E-state index contributed by atoms with van der Waals surface area (Å²) in [6.07, 6.45) is 0.435. The van der Waals surface area contributed by atoms with Gasteiger partial charge in [-0.2, -0.15) is 0 Å². The molecule has 0 aromatic carbocycles. The number of methoxy groups -OCH3 is 1. The first kappa shape index (κ1) is 8.29. The molecule has 0 aromatic heterocycles. The summed E-state index contributed by atoms with van der Waals surface area (Å²) >= 11 is 0. The van der Waals surface area contributed by atoms with E-state index < -0.39 is 0 Å². The van der Waals surface area contributed by atoms with E-state index in [-0.39, 0.29) is 12.2 Å². The number of carbonyl (C=O) groups is 1. The summed E-state index contributed by atoms with van der Waals surface area (Å²) in [5.74, 6) is 4.96. The maximum absolute atomic E-state index is 10.9. The van der Waals surface area contributed by atoms with Crippen molar-refractivity contribution in [1.82, 2.24) is 4.90 Å². The largest absolute Gasteiger partial charge is 0.453 e. The SMILES string of the molecule is COC(=O)N1CCC(ON)C1. The monoisotopic (exact) mass is 160 g/mol. The van der Waals surface area contributed by atoms with Crippen LogP contribution in [-0.4, -0.2) is 37.3 Å². The molecule has 1 unspecified atom stereocenters. The topological polar surface area (TPSA) is 64.8 Å². The number of likely N-dealkylation sites (tertiary alicyclic amines) is 1. The Labute approximate surface area is 65.0 Å². The van der Waals surface area contributed by atoms with Gasteiger partial charge in [0.05, 0.1) is 19.8 Å². The first-order valence-corrected chi connectivity index (χ1v) is 3.46. The molecule has 5 heteroatoms. The van der Waals surface area contributed by atoms with Crippen molar-refractivity contribution in [2.45, 2.75) is 12.5 Å². The van der Waals surface area contributed by atoms with Gasteiger partial charge in [-0.3, -0.25) is 4.84 Å². The molecule has 0 radical (unpaired) electrons. The van der Waals surface area contributed by atoms with Crippen LogP contribution in [0.25, 0.3) is 0 Å². The highest BCUT2D eigenvalue weighted by molar-refractivity contribution is 5.67. The van der Waals surface area contributed by atoms with E-state index in [1.165, 1.54) is 7.11 Å². The van der Waals surface area contributed by atoms with Gasteiger partial charge in [0.1, 0.15) is 0 Å². The zero-order chi connectivity index (χ0) is 8.27. The van der Waals surface area contributed by atoms with Gasteiger partial charge in [-0.25, -0.2) is 10.7 Å². The predicted molar refractivity (Wildman–Crippen MR) is 37.7 cm³/mol. The lowest BCUT2D eigenvalue weighted by atomic mass is 10.3. The minimum atomic E-state index is -0.315. The van der Waals surface area contributed by atoms with Gasteiger partial charge in [-0.15, -0.1) is 0 Å². The highest BCUT2D eigenvalue weighted by Gasteiger charge is 2.26. The van der Waals surface area contributed by atoms with Crippen LogP contribution in [0.1, 0.15) is 6.42 Å². The fourth-order valence-electron chi connectivity index (χ4n) is 1.13. The van der Waals surface area contributed by atoms with E-state index in [2.05, 4.69) is 9.57 Å². The molecule has 11 heavy (non-hydrogen) atoms. The molecule has 0 bridgehead atoms. The van der Waals surface area contributed by atoms with Crippen LogP contribution in [0, 0.1) is 0 Å². The van der Waals surface area contributed by atoms with Crippen LogP contribution >= 0.6 is 0 Å². The van der Waals surface area contributed by atoms with E-state index in [0.717, 1.165) is 6.42 Å². The molecule has 0 aliphatic carbocycles. The Bertz CT molecular complexity index is 151. The quantitative estimate of drug-likeness (QED) is 0.536. The molecule has 5 nitrogen and oxygen atoms in total. The number of nitrogens with zero attached hydrogens (tertiary/aromatic N) is 1. The standard InChI is InChI=1S/C6H12N2O3/c1-10-6(9)8-3-2-5(4-8)11-7/h5H,2-4,7H2,1H3. The Morgan fingerprint density at radius 1 is 1.73 bits per heavy atom. The molecule has 2 N–H and O–H groups in total. The van der Waals surface area contributed by atoms with Crippen molar-refractivity contribution in [2.24, 2.45) is 5.90 Å². The second-order valence-electron chi connectivity index (χ2n) is 2.46. The minimum Gasteiger partial charge on any atom is -0.453 e. The Hall–Kier alpha value is -0.810. The molecular formula is C6H12N2O3. The van der Waals surface area contributed by atoms with Crippen LogP contribution in [0.3, 0.4) is 0 Å². The van der Waals surface area contributed by atoms with Crippen molar-refractivity contribution in [3.63, 3.8) is 0 Å². The lowest BCUT2D eigenvalue weighted by Crippen LogP contribution is -2.30. The van der Waals surface area contributed by atoms with E-state index in [0.29, 0.717) is 13.1 Å². The van der Waals surface area contributed by atoms with Gasteiger partial charge in [0.2, 0.25) is 0 Å². The molecule has 1 saturated heterocycles. The Balaban J connectivity index is 2.35. The van der Waals surface area contributed by atoms with E-state index >= 15 is 0 Å². The second kappa shape index (κ2) is 3.54. The number of amides is 1. The van der Waals surface area contributed by atoms with Crippen molar-refractivity contribution in [3.05, 3.63) is 0 Å². The van der Waals surface area contributed by atoms with Crippen LogP contribution in [-0.2, 0) is 9.57 Å². The fourth-order valence-corrected chi connectivity index (χ4v) is 1.13. The summed E-state index contributed by atoms with van der Waals surface area (Å²) in [5, 5.41) is 0. The van der Waals surface area contributed by atoms with Crippen molar-refractivity contribution in [2.75, 3.05) is 20.2 Å². The summed E-state index contributed by atoms with van der Waals surface area (Å²) in [4.78, 5) is 17.0. The molecular weight excluding hydrogens is 148 g/mol. The van der Waals surface area contributed by atoms with Crippen LogP contribution in [0.15, 0.2) is 0 Å². The molecule has 1 aliphatic rings. The lowest BCUT2D eigenvalue weighted by Gasteiger charge is -2.13. The third-order valence-electron chi connectivity index (χ3n) is 1.77. The van der Waals surface area contributed by atoms with Gasteiger partial charge in [-0.1, -0.05) is 0 Å². The van der Waals surface area contributed by atoms with Crippen molar-refractivity contribution < 1.29 is 14.4 Å². The zero-order valence-electron chi connectivity index (χ0n) is 6.45. The maximum atomic E-state index is 10.9. The molecule has 64 valence electrons. The van der Waals surface area contributed by atoms with Crippen LogP contribution in [0.5, 0.6) is 0 Å². The van der Waals surface area contributed by atoms with Gasteiger partial charge in [0.25, 0.3) is 0 Å². The average molecular weight is 160 g/mol. The smallest absolute Gasteiger partial charge is 0.409 e. The Morgan fingerprint density at radius 2 is 2.45 bits per heavy atom. The number of nitrogens with two attached hydrogens (primary N) is 1. The van der Waals surface area contributed by atoms with Crippen molar-refractivity contribution in [1.29, 1.82) is 0 Å². The first-order valence-electron chi connectivity index (χ1n) is 3.46. The second-order valence-corrected chi connectivity index (χ2v) is 2.46. The Kier molecular flexibility index (Phi) is 2.67. The van der Waals surface area contributed by atoms with Crippen LogP contribution in [0.2, 0.25) is 0 Å². The summed E-state index contributed by atoms with van der Waals surface area (Å²) in [6, 6.07) is 0. The normalized spacial score (nSPS) is 23.8. The molecule has 1 heterocycles. The molecule has 1 atom stereocenters. The average Bonchev–Trinajstić information content (AvgIpc) is 2.50. The van der Waals surface area contributed by atoms with Gasteiger partial charge < -0.3 is 9.64 Å². The minimum absolute atomic E-state index is 0.0332. The summed E-state index contributed by atoms with van der Waals surface area (Å²) in [6.45, 7) is 1.19. The van der Waals surface area contributed by atoms with Gasteiger partial charge >= 0.3 is 6.09 Å². The van der Waals surface area contributed by atoms with E-state index in [4.69, 9.17) is 5.90 Å². The number of hydrogen-bond acceptors (Lipinski definition) is 4. The van der Waals surface area contributed by atoms with E-state index in [9.17, 15) is 4.79 Å². The first-order chi connectivity index (χ1) is 5.27. The number of rotatable bonds is 1. The molecule has 1 aliphatic heterocycles. The molecule has 1 amide bonds. The fraction of sp³-hybridized carbons (Fsp3) is 0.833. The summed E-state index contributed by atoms with van der Waals surface area (Å²) in [7, 11) is 1.36. The van der Waals surface area contributed by atoms with Gasteiger partial charge in [0.15, 0.2) is 0 Å². The summed E-state index contributed by atoms with van der Waals surface area (Å²) < 4.78 is 4.52. The summed E-state index contributed by atoms with van der Waals surface area (Å²) in [5.41, 5.74) is 0. The zero-order valence-corrected chi connectivity index (χ0v) is 6.45. The Morgan fingerprint density at radius 3 is 2.91 bits per heavy atom. The van der Waals surface area contributed by atoms with Gasteiger partial charge in [0, 0.05) is 6.54 Å². The molecule has 1 fully saturated rings. The highest BCUT2D eigenvalue weighted by atomic mass is 16.6. The molecule has 0 aromatic rings. The molecule has 1 rings (SSSR count). The van der Waals surface area contributed by atoms with Crippen LogP contribution in [0.4, 0.5) is 4.79 Å². The van der Waals surface area contributed by atoms with Crippen molar-refractivity contribution >= 4 is 6.09 Å². The number of hydrogen-bond donors (Lipinski definition) is 1. The van der Waals surface area contributed by atoms with E-state index in [1.807, 2.05) is 0 Å². The van der Waals surface area contributed by atoms with E-state index in [1.54, 1.807) is 4.90 Å². The molecule has 0 saturated carbocycles. The molecule has 0 spiro atoms. The predicted octanol–water partition coefficient (Wildman–Crippen LogP) is -0.283. The maximum Gasteiger partial charge on any atom is 0.409 e. The number of ether oxygens (including phenoxy) is 1. The lowest BCUT2D eigenvalue weighted by molar-refractivity contribution is 0.0575. The number of carbonyl (C=O) groups excluding carboxylic acids is 1. The van der Waals surface area contributed by atoms with Crippen molar-refractivity contribution in [3.8, 4) is 0 Å². The third-order valence-corrected chi connectivity index (χ3v) is 1.77.